The van der Waals surface area contributed by atoms with E-state index < -0.39 is 0 Å². The largest absolute Gasteiger partial charge is 0.378 e. The third-order valence-electron chi connectivity index (χ3n) is 4.73. The highest BCUT2D eigenvalue weighted by Crippen LogP contribution is 2.22. The van der Waals surface area contributed by atoms with Crippen LogP contribution in [0.2, 0.25) is 0 Å². The van der Waals surface area contributed by atoms with Crippen molar-refractivity contribution in [1.82, 2.24) is 0 Å². The Bertz CT molecular complexity index is 761. The Morgan fingerprint density at radius 3 is 2.15 bits per heavy atom. The molecule has 1 saturated heterocycles. The number of benzene rings is 2. The predicted molar refractivity (Wildman–Crippen MR) is 108 cm³/mol. The van der Waals surface area contributed by atoms with Crippen LogP contribution in [0.25, 0.3) is 6.08 Å². The maximum absolute atomic E-state index is 12.4. The van der Waals surface area contributed by atoms with Crippen LogP contribution in [0.15, 0.2) is 54.6 Å². The second-order valence-corrected chi connectivity index (χ2v) is 7.72. The van der Waals surface area contributed by atoms with Crippen molar-refractivity contribution in [2.75, 3.05) is 31.2 Å². The number of allylic oxidation sites excluding steroid dienone is 1. The van der Waals surface area contributed by atoms with Crippen LogP contribution in [-0.2, 0) is 10.2 Å². The monoisotopic (exact) mass is 349 g/mol. The van der Waals surface area contributed by atoms with Gasteiger partial charge in [0.25, 0.3) is 0 Å². The van der Waals surface area contributed by atoms with Gasteiger partial charge in [0.2, 0.25) is 0 Å². The molecule has 0 N–H and O–H groups in total. The SMILES string of the molecule is CC(C)(C)c1ccc(C=CC(=O)c2ccc(N3CCOCC3)cc2)cc1. The highest BCUT2D eigenvalue weighted by atomic mass is 16.5. The topological polar surface area (TPSA) is 29.5 Å². The zero-order valence-electron chi connectivity index (χ0n) is 15.9. The van der Waals surface area contributed by atoms with Gasteiger partial charge in [0.1, 0.15) is 0 Å². The summed E-state index contributed by atoms with van der Waals surface area (Å²) >= 11 is 0. The van der Waals surface area contributed by atoms with Gasteiger partial charge in [-0.2, -0.15) is 0 Å². The quantitative estimate of drug-likeness (QED) is 0.591. The van der Waals surface area contributed by atoms with Crippen molar-refractivity contribution in [3.63, 3.8) is 0 Å². The number of hydrogen-bond acceptors (Lipinski definition) is 3. The second-order valence-electron chi connectivity index (χ2n) is 7.72. The molecule has 3 rings (SSSR count). The minimum Gasteiger partial charge on any atom is -0.378 e. The molecule has 136 valence electrons. The van der Waals surface area contributed by atoms with Gasteiger partial charge in [-0.1, -0.05) is 51.1 Å². The molecule has 0 unspecified atom stereocenters. The van der Waals surface area contributed by atoms with Crippen LogP contribution in [0.5, 0.6) is 0 Å². The molecule has 1 heterocycles. The van der Waals surface area contributed by atoms with Gasteiger partial charge in [-0.05, 0) is 46.9 Å². The fraction of sp³-hybridized carbons (Fsp3) is 0.348. The van der Waals surface area contributed by atoms with Gasteiger partial charge in [-0.25, -0.2) is 0 Å². The third-order valence-corrected chi connectivity index (χ3v) is 4.73. The molecule has 0 aromatic heterocycles. The number of ketones is 1. The molecule has 0 atom stereocenters. The fourth-order valence-corrected chi connectivity index (χ4v) is 3.02. The standard InChI is InChI=1S/C23H27NO2/c1-23(2,3)20-9-4-18(5-10-20)6-13-22(25)19-7-11-21(12-8-19)24-14-16-26-17-15-24/h4-13H,14-17H2,1-3H3. The predicted octanol–water partition coefficient (Wildman–Crippen LogP) is 4.72. The van der Waals surface area contributed by atoms with Gasteiger partial charge in [0, 0.05) is 24.3 Å². The van der Waals surface area contributed by atoms with E-state index in [4.69, 9.17) is 4.74 Å². The number of carbonyl (C=O) groups is 1. The summed E-state index contributed by atoms with van der Waals surface area (Å²) in [6, 6.07) is 16.2. The van der Waals surface area contributed by atoms with E-state index in [9.17, 15) is 4.79 Å². The first kappa shape index (κ1) is 18.4. The lowest BCUT2D eigenvalue weighted by Crippen LogP contribution is -2.36. The van der Waals surface area contributed by atoms with E-state index in [-0.39, 0.29) is 11.2 Å². The van der Waals surface area contributed by atoms with Gasteiger partial charge in [-0.3, -0.25) is 4.79 Å². The van der Waals surface area contributed by atoms with Gasteiger partial charge in [-0.15, -0.1) is 0 Å². The number of ether oxygens (including phenoxy) is 1. The first-order valence-electron chi connectivity index (χ1n) is 9.19. The van der Waals surface area contributed by atoms with Crippen molar-refractivity contribution in [3.8, 4) is 0 Å². The number of hydrogen-bond donors (Lipinski definition) is 0. The molecule has 0 radical (unpaired) electrons. The Labute approximate surface area is 156 Å². The molecule has 0 amide bonds. The zero-order chi connectivity index (χ0) is 18.6. The Balaban J connectivity index is 1.64. The number of morpholine rings is 1. The van der Waals surface area contributed by atoms with Crippen LogP contribution in [0, 0.1) is 0 Å². The molecule has 3 heteroatoms. The summed E-state index contributed by atoms with van der Waals surface area (Å²) in [5, 5.41) is 0. The van der Waals surface area contributed by atoms with Crippen molar-refractivity contribution in [2.45, 2.75) is 26.2 Å². The van der Waals surface area contributed by atoms with Crippen LogP contribution in [0.3, 0.4) is 0 Å². The van der Waals surface area contributed by atoms with Crippen LogP contribution in [-0.4, -0.2) is 32.1 Å². The number of rotatable bonds is 4. The Kier molecular flexibility index (Phi) is 5.58. The summed E-state index contributed by atoms with van der Waals surface area (Å²) in [7, 11) is 0. The molecule has 1 aliphatic rings. The zero-order valence-corrected chi connectivity index (χ0v) is 15.9. The van der Waals surface area contributed by atoms with Crippen molar-refractivity contribution < 1.29 is 9.53 Å². The molecule has 1 aliphatic heterocycles. The summed E-state index contributed by atoms with van der Waals surface area (Å²) in [6.45, 7) is 9.91. The normalized spacial score (nSPS) is 15.4. The molecule has 0 spiro atoms. The highest BCUT2D eigenvalue weighted by Gasteiger charge is 2.13. The Hall–Kier alpha value is -2.39. The number of anilines is 1. The van der Waals surface area contributed by atoms with Crippen LogP contribution in [0.4, 0.5) is 5.69 Å². The van der Waals surface area contributed by atoms with Gasteiger partial charge in [0.05, 0.1) is 13.2 Å². The smallest absolute Gasteiger partial charge is 0.185 e. The maximum atomic E-state index is 12.4. The number of nitrogens with zero attached hydrogens (tertiary/aromatic N) is 1. The molecule has 2 aromatic rings. The molecular weight excluding hydrogens is 322 g/mol. The van der Waals surface area contributed by atoms with Crippen molar-refractivity contribution >= 4 is 17.5 Å². The summed E-state index contributed by atoms with van der Waals surface area (Å²) in [4.78, 5) is 14.7. The summed E-state index contributed by atoms with van der Waals surface area (Å²) in [5.74, 6) is 0.0263. The maximum Gasteiger partial charge on any atom is 0.185 e. The lowest BCUT2D eigenvalue weighted by molar-refractivity contribution is 0.104. The minimum absolute atomic E-state index is 0.0263. The molecule has 0 aliphatic carbocycles. The molecule has 0 bridgehead atoms. The van der Waals surface area contributed by atoms with Crippen LogP contribution in [0.1, 0.15) is 42.3 Å². The minimum atomic E-state index is 0.0263. The average Bonchev–Trinajstić information content (AvgIpc) is 2.66. The molecule has 3 nitrogen and oxygen atoms in total. The van der Waals surface area contributed by atoms with E-state index in [0.29, 0.717) is 5.56 Å². The van der Waals surface area contributed by atoms with Gasteiger partial charge in [0.15, 0.2) is 5.78 Å². The van der Waals surface area contributed by atoms with Crippen molar-refractivity contribution in [3.05, 3.63) is 71.3 Å². The van der Waals surface area contributed by atoms with E-state index in [1.807, 2.05) is 30.3 Å². The Morgan fingerprint density at radius 1 is 0.962 bits per heavy atom. The van der Waals surface area contributed by atoms with Gasteiger partial charge >= 0.3 is 0 Å². The van der Waals surface area contributed by atoms with Crippen LogP contribution >= 0.6 is 0 Å². The van der Waals surface area contributed by atoms with E-state index in [1.54, 1.807) is 6.08 Å². The number of carbonyl (C=O) groups excluding carboxylic acids is 1. The third kappa shape index (κ3) is 4.61. The van der Waals surface area contributed by atoms with Crippen molar-refractivity contribution in [1.29, 1.82) is 0 Å². The summed E-state index contributed by atoms with van der Waals surface area (Å²) < 4.78 is 5.38. The summed E-state index contributed by atoms with van der Waals surface area (Å²) in [5.41, 5.74) is 4.33. The molecular formula is C23H27NO2. The van der Waals surface area contributed by atoms with Crippen LogP contribution < -0.4 is 4.90 Å². The van der Waals surface area contributed by atoms with E-state index in [0.717, 1.165) is 37.6 Å². The molecule has 1 fully saturated rings. The van der Waals surface area contributed by atoms with E-state index in [2.05, 4.69) is 49.9 Å². The summed E-state index contributed by atoms with van der Waals surface area (Å²) in [6.07, 6.45) is 3.53. The first-order chi connectivity index (χ1) is 12.4. The molecule has 0 saturated carbocycles. The fourth-order valence-electron chi connectivity index (χ4n) is 3.02. The highest BCUT2D eigenvalue weighted by molar-refractivity contribution is 6.06. The lowest BCUT2D eigenvalue weighted by Gasteiger charge is -2.28. The Morgan fingerprint density at radius 2 is 1.58 bits per heavy atom. The second kappa shape index (κ2) is 7.88. The van der Waals surface area contributed by atoms with Crippen molar-refractivity contribution in [2.24, 2.45) is 0 Å². The first-order valence-corrected chi connectivity index (χ1v) is 9.19. The molecule has 2 aromatic carbocycles. The van der Waals surface area contributed by atoms with Gasteiger partial charge < -0.3 is 9.64 Å². The molecule has 26 heavy (non-hydrogen) atoms. The van der Waals surface area contributed by atoms with E-state index in [1.165, 1.54) is 5.56 Å². The lowest BCUT2D eigenvalue weighted by atomic mass is 9.87. The average molecular weight is 349 g/mol. The van der Waals surface area contributed by atoms with E-state index >= 15 is 0 Å².